The average Bonchev–Trinajstić information content (AvgIpc) is 4.03. The predicted octanol–water partition coefficient (Wildman–Crippen LogP) is 1.01. The van der Waals surface area contributed by atoms with Gasteiger partial charge >= 0.3 is 0 Å². The van der Waals surface area contributed by atoms with Gasteiger partial charge in [0.2, 0.25) is 23.7 Å². The summed E-state index contributed by atoms with van der Waals surface area (Å²) in [5, 5.41) is 12.4. The summed E-state index contributed by atoms with van der Waals surface area (Å²) in [6.45, 7) is 11.0. The molecule has 5 aromatic heterocycles. The number of nitrogens with zero attached hydrogens (tertiary/aromatic N) is 12. The number of hydrogen-bond acceptors (Lipinski definition) is 13. The lowest BCUT2D eigenvalue weighted by atomic mass is 9.92. The van der Waals surface area contributed by atoms with Gasteiger partial charge in [0.05, 0.1) is 48.8 Å². The summed E-state index contributed by atoms with van der Waals surface area (Å²) in [6.07, 6.45) is 5.94. The lowest BCUT2D eigenvalue weighted by Gasteiger charge is -2.51. The number of likely N-dealkylation sites (tertiary alicyclic amines) is 1. The van der Waals surface area contributed by atoms with Crippen LogP contribution in [0, 0.1) is 13.8 Å². The molecule has 63 heavy (non-hydrogen) atoms. The molecular formula is C42H47N15O6. The molecule has 9 heterocycles. The van der Waals surface area contributed by atoms with Crippen LogP contribution in [0.3, 0.4) is 0 Å². The Balaban J connectivity index is 0.974. The SMILES string of the molecule is Cc1cc2n(n1)CCN(c1nc3cc(C(N)=O)cnc3n1C/C=C/Cn1c(N3CCn4nc(C)cc4C3=O)nc3cc(C(N)=O)cc(OCCCN4CC5(CNCCO5)C4)c31)C2=O. The van der Waals surface area contributed by atoms with Gasteiger partial charge < -0.3 is 30.8 Å². The number of amides is 4. The largest absolute Gasteiger partial charge is 0.491 e. The molecule has 4 aliphatic heterocycles. The number of nitrogens with two attached hydrogens (primary N) is 2. The van der Waals surface area contributed by atoms with Crippen molar-refractivity contribution < 1.29 is 28.7 Å². The van der Waals surface area contributed by atoms with Gasteiger partial charge in [-0.2, -0.15) is 10.2 Å². The fourth-order valence-electron chi connectivity index (χ4n) is 9.05. The number of allylic oxidation sites excluding steroid dienone is 2. The molecular weight excluding hydrogens is 811 g/mol. The molecule has 5 N–H and O–H groups in total. The summed E-state index contributed by atoms with van der Waals surface area (Å²) < 4.78 is 19.6. The number of hydrogen-bond donors (Lipinski definition) is 3. The van der Waals surface area contributed by atoms with Crippen molar-refractivity contribution in [1.29, 1.82) is 0 Å². The van der Waals surface area contributed by atoms with Crippen LogP contribution in [-0.2, 0) is 30.9 Å². The predicted molar refractivity (Wildman–Crippen MR) is 229 cm³/mol. The first kappa shape index (κ1) is 40.1. The molecule has 4 aliphatic rings. The van der Waals surface area contributed by atoms with E-state index in [1.165, 1.54) is 6.20 Å². The van der Waals surface area contributed by atoms with E-state index in [2.05, 4.69) is 25.4 Å². The van der Waals surface area contributed by atoms with Gasteiger partial charge in [-0.15, -0.1) is 0 Å². The van der Waals surface area contributed by atoms with Crippen LogP contribution in [0.4, 0.5) is 11.9 Å². The number of carbonyl (C=O) groups excluding carboxylic acids is 4. The van der Waals surface area contributed by atoms with Crippen molar-refractivity contribution in [3.8, 4) is 5.75 Å². The molecule has 326 valence electrons. The van der Waals surface area contributed by atoms with E-state index in [0.29, 0.717) is 90.6 Å². The molecule has 4 amide bonds. The number of pyridine rings is 1. The quantitative estimate of drug-likeness (QED) is 0.109. The van der Waals surface area contributed by atoms with Gasteiger partial charge in [-0.1, -0.05) is 12.2 Å². The van der Waals surface area contributed by atoms with Gasteiger partial charge in [-0.3, -0.25) is 47.8 Å². The molecule has 21 heteroatoms. The number of anilines is 2. The summed E-state index contributed by atoms with van der Waals surface area (Å²) in [5.74, 6) is -0.677. The average molecular weight is 858 g/mol. The molecule has 1 aromatic carbocycles. The molecule has 10 rings (SSSR count). The number of primary amides is 2. The van der Waals surface area contributed by atoms with E-state index in [-0.39, 0.29) is 41.6 Å². The van der Waals surface area contributed by atoms with Crippen molar-refractivity contribution in [3.05, 3.63) is 82.6 Å². The minimum Gasteiger partial charge on any atom is -0.491 e. The highest BCUT2D eigenvalue weighted by Crippen LogP contribution is 2.34. The Morgan fingerprint density at radius 2 is 1.44 bits per heavy atom. The van der Waals surface area contributed by atoms with E-state index in [1.807, 2.05) is 35.1 Å². The fourth-order valence-corrected chi connectivity index (χ4v) is 9.05. The maximum absolute atomic E-state index is 14.1. The lowest BCUT2D eigenvalue weighted by molar-refractivity contribution is -0.156. The van der Waals surface area contributed by atoms with Crippen molar-refractivity contribution in [2.24, 2.45) is 11.5 Å². The van der Waals surface area contributed by atoms with Gasteiger partial charge in [0.1, 0.15) is 33.8 Å². The minimum absolute atomic E-state index is 0.119. The van der Waals surface area contributed by atoms with Gasteiger partial charge in [0.25, 0.3) is 11.8 Å². The molecule has 21 nitrogen and oxygen atoms in total. The maximum Gasteiger partial charge on any atom is 0.278 e. The van der Waals surface area contributed by atoms with Gasteiger partial charge in [-0.25, -0.2) is 15.0 Å². The van der Waals surface area contributed by atoms with Crippen molar-refractivity contribution >= 4 is 57.7 Å². The van der Waals surface area contributed by atoms with Crippen molar-refractivity contribution in [2.75, 3.05) is 68.8 Å². The first-order valence-corrected chi connectivity index (χ1v) is 21.0. The third-order valence-electron chi connectivity index (χ3n) is 12.0. The van der Waals surface area contributed by atoms with Crippen LogP contribution in [-0.4, -0.2) is 137 Å². The Morgan fingerprint density at radius 3 is 2.08 bits per heavy atom. The van der Waals surface area contributed by atoms with Crippen LogP contribution in [0.25, 0.3) is 22.2 Å². The number of benzene rings is 1. The summed E-state index contributed by atoms with van der Waals surface area (Å²) in [4.78, 5) is 72.6. The summed E-state index contributed by atoms with van der Waals surface area (Å²) in [5.41, 5.74) is 16.0. The molecule has 0 radical (unpaired) electrons. The van der Waals surface area contributed by atoms with Crippen LogP contribution in [0.1, 0.15) is 59.5 Å². The summed E-state index contributed by atoms with van der Waals surface area (Å²) in [6, 6.07) is 8.32. The number of nitrogens with one attached hydrogen (secondary N) is 1. The monoisotopic (exact) mass is 857 g/mol. The summed E-state index contributed by atoms with van der Waals surface area (Å²) >= 11 is 0. The normalized spacial score (nSPS) is 17.6. The van der Waals surface area contributed by atoms with E-state index in [0.717, 1.165) is 50.5 Å². The number of imidazole rings is 2. The third-order valence-corrected chi connectivity index (χ3v) is 12.0. The zero-order valence-electron chi connectivity index (χ0n) is 35.0. The van der Waals surface area contributed by atoms with E-state index >= 15 is 0 Å². The number of morpholine rings is 1. The Hall–Kier alpha value is -6.97. The number of aromatic nitrogens is 9. The van der Waals surface area contributed by atoms with Crippen molar-refractivity contribution in [2.45, 2.75) is 52.0 Å². The third kappa shape index (κ3) is 7.26. The van der Waals surface area contributed by atoms with Gasteiger partial charge in [0.15, 0.2) is 5.65 Å². The Morgan fingerprint density at radius 1 is 0.825 bits per heavy atom. The van der Waals surface area contributed by atoms with Crippen LogP contribution in [0.2, 0.25) is 0 Å². The fraction of sp³-hybridized carbons (Fsp3) is 0.405. The molecule has 0 unspecified atom stereocenters. The van der Waals surface area contributed by atoms with E-state index in [1.54, 1.807) is 49.5 Å². The molecule has 2 saturated heterocycles. The molecule has 6 aromatic rings. The smallest absolute Gasteiger partial charge is 0.278 e. The van der Waals surface area contributed by atoms with E-state index in [4.69, 9.17) is 30.9 Å². The first-order chi connectivity index (χ1) is 30.4. The second-order valence-electron chi connectivity index (χ2n) is 16.5. The minimum atomic E-state index is -0.646. The molecule has 0 atom stereocenters. The van der Waals surface area contributed by atoms with Crippen LogP contribution in [0.15, 0.2) is 48.7 Å². The zero-order valence-corrected chi connectivity index (χ0v) is 35.0. The Bertz CT molecular complexity index is 2860. The molecule has 0 saturated carbocycles. The number of fused-ring (bicyclic) bond motifs is 4. The standard InChI is InChI=1S/C42H47N15O6/c1-25-16-31-38(60)54(10-12-56(31)49-25)40-47-29-18-27(35(43)58)20-33(62-14-5-7-51-23-42(24-51)22-45-6-15-63-42)34(29)52(40)8-3-4-9-53-37-30(19-28(21-46-37)36(44)59)48-41(53)55-11-13-57-32(39(55)61)17-26(2)50-57/h3-4,16-21,45H,5-15,22-24H2,1-2H3,(H2,43,58)(H2,44,59)/b4-3+. The van der Waals surface area contributed by atoms with E-state index < -0.39 is 11.8 Å². The topological polar surface area (TPSA) is 245 Å². The van der Waals surface area contributed by atoms with Gasteiger partial charge in [0, 0.05) is 70.7 Å². The van der Waals surface area contributed by atoms with Gasteiger partial charge in [-0.05, 0) is 50.6 Å². The molecule has 2 fully saturated rings. The zero-order chi connectivity index (χ0) is 43.6. The van der Waals surface area contributed by atoms with Crippen LogP contribution < -0.4 is 31.3 Å². The maximum atomic E-state index is 14.1. The number of aryl methyl sites for hydroxylation is 2. The van der Waals surface area contributed by atoms with E-state index in [9.17, 15) is 19.2 Å². The Kier molecular flexibility index (Phi) is 10.0. The number of carbonyl (C=O) groups is 4. The van der Waals surface area contributed by atoms with Crippen molar-refractivity contribution in [1.82, 2.24) is 53.9 Å². The molecule has 0 aliphatic carbocycles. The summed E-state index contributed by atoms with van der Waals surface area (Å²) in [7, 11) is 0. The molecule has 1 spiro atoms. The Labute approximate surface area is 360 Å². The van der Waals surface area contributed by atoms with Crippen LogP contribution >= 0.6 is 0 Å². The van der Waals surface area contributed by atoms with Crippen LogP contribution in [0.5, 0.6) is 5.75 Å². The highest BCUT2D eigenvalue weighted by atomic mass is 16.5. The number of ether oxygens (including phenoxy) is 2. The lowest BCUT2D eigenvalue weighted by Crippen LogP contribution is -2.69. The second-order valence-corrected chi connectivity index (χ2v) is 16.5. The molecule has 0 bridgehead atoms. The highest BCUT2D eigenvalue weighted by Gasteiger charge is 2.44. The first-order valence-electron chi connectivity index (χ1n) is 21.0. The van der Waals surface area contributed by atoms with Crippen molar-refractivity contribution in [3.63, 3.8) is 0 Å². The highest BCUT2D eigenvalue weighted by molar-refractivity contribution is 6.07. The second kappa shape index (κ2) is 15.7. The number of rotatable bonds is 13.